The second-order valence-electron chi connectivity index (χ2n) is 7.95. The molecule has 0 bridgehead atoms. The molecule has 0 radical (unpaired) electrons. The average molecular weight is 433 g/mol. The molecular formula is C22H23N7O3. The van der Waals surface area contributed by atoms with Gasteiger partial charge in [-0.25, -0.2) is 4.79 Å². The summed E-state index contributed by atoms with van der Waals surface area (Å²) in [5.74, 6) is 0.656. The van der Waals surface area contributed by atoms with E-state index in [1.54, 1.807) is 24.5 Å². The maximum atomic E-state index is 13.5. The zero-order valence-electron chi connectivity index (χ0n) is 17.7. The number of carbonyl (C=O) groups is 2. The number of methoxy groups -OCH3 is 1. The lowest BCUT2D eigenvalue weighted by Crippen LogP contribution is -2.50. The number of benzene rings is 1. The van der Waals surface area contributed by atoms with Crippen molar-refractivity contribution in [3.8, 4) is 5.69 Å². The van der Waals surface area contributed by atoms with Gasteiger partial charge in [-0.05, 0) is 43.0 Å². The molecule has 3 aromatic rings. The van der Waals surface area contributed by atoms with Crippen molar-refractivity contribution in [2.75, 3.05) is 31.6 Å². The number of amides is 1. The maximum absolute atomic E-state index is 13.5. The second-order valence-corrected chi connectivity index (χ2v) is 7.95. The molecule has 2 aliphatic rings. The van der Waals surface area contributed by atoms with Gasteiger partial charge >= 0.3 is 5.97 Å². The SMILES string of the molecule is COC(=O)c1ccc(N2CC[C@@H]3CCN(C(=O)c4ccccc4-n4nccn4)C[C@@H]32)nn1. The van der Waals surface area contributed by atoms with E-state index in [1.165, 1.54) is 11.9 Å². The summed E-state index contributed by atoms with van der Waals surface area (Å²) in [6.07, 6.45) is 5.16. The summed E-state index contributed by atoms with van der Waals surface area (Å²) in [5.41, 5.74) is 1.42. The van der Waals surface area contributed by atoms with Gasteiger partial charge in [0, 0.05) is 19.6 Å². The van der Waals surface area contributed by atoms with Crippen molar-refractivity contribution in [2.45, 2.75) is 18.9 Å². The largest absolute Gasteiger partial charge is 0.464 e. The lowest BCUT2D eigenvalue weighted by molar-refractivity contribution is 0.0591. The smallest absolute Gasteiger partial charge is 0.358 e. The Morgan fingerprint density at radius 1 is 1.00 bits per heavy atom. The van der Waals surface area contributed by atoms with Crippen molar-refractivity contribution in [2.24, 2.45) is 5.92 Å². The van der Waals surface area contributed by atoms with E-state index in [1.807, 2.05) is 29.2 Å². The monoisotopic (exact) mass is 433 g/mol. The molecule has 0 spiro atoms. The highest BCUT2D eigenvalue weighted by atomic mass is 16.5. The lowest BCUT2D eigenvalue weighted by atomic mass is 9.91. The van der Waals surface area contributed by atoms with Gasteiger partial charge in [-0.1, -0.05) is 12.1 Å². The molecular weight excluding hydrogens is 410 g/mol. The first-order chi connectivity index (χ1) is 15.7. The van der Waals surface area contributed by atoms with Crippen LogP contribution < -0.4 is 4.90 Å². The molecule has 0 N–H and O–H groups in total. The van der Waals surface area contributed by atoms with Crippen molar-refractivity contribution in [1.82, 2.24) is 30.1 Å². The van der Waals surface area contributed by atoms with Crippen LogP contribution in [-0.2, 0) is 4.74 Å². The maximum Gasteiger partial charge on any atom is 0.358 e. The molecule has 0 aliphatic carbocycles. The third-order valence-corrected chi connectivity index (χ3v) is 6.26. The van der Waals surface area contributed by atoms with Gasteiger partial charge in [0.1, 0.15) is 0 Å². The van der Waals surface area contributed by atoms with Crippen LogP contribution in [0.5, 0.6) is 0 Å². The van der Waals surface area contributed by atoms with Crippen LogP contribution in [0, 0.1) is 5.92 Å². The fourth-order valence-electron chi connectivity index (χ4n) is 4.64. The Kier molecular flexibility index (Phi) is 5.26. The average Bonchev–Trinajstić information content (AvgIpc) is 3.53. The van der Waals surface area contributed by atoms with Crippen molar-refractivity contribution in [3.63, 3.8) is 0 Å². The van der Waals surface area contributed by atoms with E-state index < -0.39 is 5.97 Å². The minimum Gasteiger partial charge on any atom is -0.464 e. The number of esters is 1. The van der Waals surface area contributed by atoms with E-state index in [0.29, 0.717) is 36.1 Å². The summed E-state index contributed by atoms with van der Waals surface area (Å²) in [6.45, 7) is 2.16. The molecule has 164 valence electrons. The summed E-state index contributed by atoms with van der Waals surface area (Å²) < 4.78 is 4.70. The van der Waals surface area contributed by atoms with Crippen molar-refractivity contribution in [1.29, 1.82) is 0 Å². The highest BCUT2D eigenvalue weighted by Gasteiger charge is 2.40. The van der Waals surface area contributed by atoms with E-state index in [9.17, 15) is 9.59 Å². The Balaban J connectivity index is 1.36. The second kappa shape index (κ2) is 8.37. The molecule has 10 nitrogen and oxygen atoms in total. The van der Waals surface area contributed by atoms with Crippen LogP contribution in [0.1, 0.15) is 33.7 Å². The van der Waals surface area contributed by atoms with Crippen LogP contribution in [0.15, 0.2) is 48.8 Å². The molecule has 1 amide bonds. The number of carbonyl (C=O) groups excluding carboxylic acids is 2. The fraction of sp³-hybridized carbons (Fsp3) is 0.364. The van der Waals surface area contributed by atoms with Gasteiger partial charge in [0.2, 0.25) is 0 Å². The number of hydrogen-bond acceptors (Lipinski definition) is 8. The Hall–Kier alpha value is -3.82. The Morgan fingerprint density at radius 3 is 2.53 bits per heavy atom. The lowest BCUT2D eigenvalue weighted by Gasteiger charge is -2.39. The molecule has 2 saturated heterocycles. The number of likely N-dealkylation sites (tertiary alicyclic amines) is 1. The number of para-hydroxylation sites is 1. The summed E-state index contributed by atoms with van der Waals surface area (Å²) in [4.78, 5) is 30.7. The Morgan fingerprint density at radius 2 is 1.78 bits per heavy atom. The van der Waals surface area contributed by atoms with Gasteiger partial charge in [0.05, 0.1) is 36.8 Å². The van der Waals surface area contributed by atoms with Gasteiger partial charge in [-0.3, -0.25) is 4.79 Å². The molecule has 10 heteroatoms. The predicted molar refractivity (Wildman–Crippen MR) is 114 cm³/mol. The van der Waals surface area contributed by atoms with Gasteiger partial charge in [0.25, 0.3) is 5.91 Å². The van der Waals surface area contributed by atoms with E-state index in [0.717, 1.165) is 19.4 Å². The fourth-order valence-corrected chi connectivity index (χ4v) is 4.64. The number of anilines is 1. The molecule has 2 atom stereocenters. The van der Waals surface area contributed by atoms with Gasteiger partial charge in [0.15, 0.2) is 11.5 Å². The van der Waals surface area contributed by atoms with Crippen LogP contribution in [0.25, 0.3) is 5.69 Å². The molecule has 0 unspecified atom stereocenters. The summed E-state index contributed by atoms with van der Waals surface area (Å²) >= 11 is 0. The van der Waals surface area contributed by atoms with Crippen molar-refractivity contribution < 1.29 is 14.3 Å². The summed E-state index contributed by atoms with van der Waals surface area (Å²) in [7, 11) is 1.32. The molecule has 1 aromatic carbocycles. The number of nitrogens with zero attached hydrogens (tertiary/aromatic N) is 7. The normalized spacial score (nSPS) is 20.2. The molecule has 2 aliphatic heterocycles. The van der Waals surface area contributed by atoms with Crippen LogP contribution in [0.3, 0.4) is 0 Å². The zero-order chi connectivity index (χ0) is 22.1. The third-order valence-electron chi connectivity index (χ3n) is 6.26. The quantitative estimate of drug-likeness (QED) is 0.571. The highest BCUT2D eigenvalue weighted by molar-refractivity contribution is 5.97. The first-order valence-electron chi connectivity index (χ1n) is 10.6. The number of hydrogen-bond donors (Lipinski definition) is 0. The van der Waals surface area contributed by atoms with E-state index in [-0.39, 0.29) is 17.6 Å². The zero-order valence-corrected chi connectivity index (χ0v) is 17.7. The molecule has 4 heterocycles. The molecule has 2 aromatic heterocycles. The minimum atomic E-state index is -0.511. The van der Waals surface area contributed by atoms with E-state index >= 15 is 0 Å². The van der Waals surface area contributed by atoms with Crippen LogP contribution in [0.2, 0.25) is 0 Å². The summed E-state index contributed by atoms with van der Waals surface area (Å²) in [6, 6.07) is 11.0. The first kappa shape index (κ1) is 20.1. The third kappa shape index (κ3) is 3.57. The van der Waals surface area contributed by atoms with Gasteiger partial charge in [-0.15, -0.1) is 10.2 Å². The first-order valence-corrected chi connectivity index (χ1v) is 10.6. The highest BCUT2D eigenvalue weighted by Crippen LogP contribution is 2.35. The number of ether oxygens (including phenoxy) is 1. The number of aromatic nitrogens is 5. The molecule has 32 heavy (non-hydrogen) atoms. The topological polar surface area (TPSA) is 106 Å². The van der Waals surface area contributed by atoms with Crippen molar-refractivity contribution >= 4 is 17.7 Å². The molecule has 5 rings (SSSR count). The molecule has 0 saturated carbocycles. The predicted octanol–water partition coefficient (Wildman–Crippen LogP) is 1.58. The van der Waals surface area contributed by atoms with Crippen molar-refractivity contribution in [3.05, 3.63) is 60.0 Å². The standard InChI is InChI=1S/C22H23N7O3/c1-32-22(31)17-6-7-20(26-25-17)28-13-9-15-8-12-27(14-19(15)28)21(30)16-4-2-3-5-18(16)29-23-10-11-24-29/h2-7,10-11,15,19H,8-9,12-14H2,1H3/t15-,19-/m0/s1. The van der Waals surface area contributed by atoms with Crippen LogP contribution in [0.4, 0.5) is 5.82 Å². The number of fused-ring (bicyclic) bond motifs is 1. The summed E-state index contributed by atoms with van der Waals surface area (Å²) in [5, 5.41) is 16.6. The van der Waals surface area contributed by atoms with Gasteiger partial charge < -0.3 is 14.5 Å². The molecule has 2 fully saturated rings. The Labute approximate surface area is 184 Å². The number of rotatable bonds is 4. The van der Waals surface area contributed by atoms with E-state index in [2.05, 4.69) is 25.3 Å². The van der Waals surface area contributed by atoms with Crippen LogP contribution >= 0.6 is 0 Å². The Bertz CT molecular complexity index is 1120. The van der Waals surface area contributed by atoms with Gasteiger partial charge in [-0.2, -0.15) is 15.0 Å². The minimum absolute atomic E-state index is 0.0321. The van der Waals surface area contributed by atoms with E-state index in [4.69, 9.17) is 4.74 Å². The van der Waals surface area contributed by atoms with Crippen LogP contribution in [-0.4, -0.2) is 74.8 Å². The number of piperidine rings is 1.